The van der Waals surface area contributed by atoms with Crippen LogP contribution in [-0.4, -0.2) is 30.6 Å². The fourth-order valence-electron chi connectivity index (χ4n) is 1.92. The quantitative estimate of drug-likeness (QED) is 0.733. The van der Waals surface area contributed by atoms with Crippen LogP contribution in [0.3, 0.4) is 0 Å². The third kappa shape index (κ3) is 4.11. The average Bonchev–Trinajstić information content (AvgIpc) is 3.23. The number of hydrogen-bond donors (Lipinski definition) is 0. The SMILES string of the molecule is CC(C)Oc1cc(/C=C/c2ccccc2OCC2CO2)on1. The minimum atomic E-state index is 0.0701. The first-order chi connectivity index (χ1) is 10.7. The molecule has 0 spiro atoms. The summed E-state index contributed by atoms with van der Waals surface area (Å²) in [5, 5.41) is 3.86. The highest BCUT2D eigenvalue weighted by molar-refractivity contribution is 5.70. The van der Waals surface area contributed by atoms with Crippen molar-refractivity contribution in [1.29, 1.82) is 0 Å². The van der Waals surface area contributed by atoms with Gasteiger partial charge in [-0.25, -0.2) is 0 Å². The number of aromatic nitrogens is 1. The third-order valence-corrected chi connectivity index (χ3v) is 3.04. The van der Waals surface area contributed by atoms with Crippen LogP contribution < -0.4 is 9.47 Å². The van der Waals surface area contributed by atoms with Crippen LogP contribution in [0.15, 0.2) is 34.9 Å². The highest BCUT2D eigenvalue weighted by Crippen LogP contribution is 2.23. The summed E-state index contributed by atoms with van der Waals surface area (Å²) >= 11 is 0. The second-order valence-corrected chi connectivity index (χ2v) is 5.37. The molecule has 0 saturated carbocycles. The smallest absolute Gasteiger partial charge is 0.254 e. The molecule has 0 bridgehead atoms. The van der Waals surface area contributed by atoms with Gasteiger partial charge in [-0.3, -0.25) is 0 Å². The molecule has 0 aliphatic carbocycles. The maximum atomic E-state index is 5.76. The fraction of sp³-hybridized carbons (Fsp3) is 0.353. The fourth-order valence-corrected chi connectivity index (χ4v) is 1.92. The van der Waals surface area contributed by atoms with Gasteiger partial charge in [0.05, 0.1) is 12.7 Å². The van der Waals surface area contributed by atoms with E-state index in [0.29, 0.717) is 18.2 Å². The summed E-state index contributed by atoms with van der Waals surface area (Å²) in [6.45, 7) is 5.26. The van der Waals surface area contributed by atoms with Gasteiger partial charge in [-0.05, 0) is 37.2 Å². The number of ether oxygens (including phenoxy) is 3. The molecule has 3 rings (SSSR count). The Bertz CT molecular complexity index is 644. The minimum absolute atomic E-state index is 0.0701. The molecule has 2 heterocycles. The molecule has 5 heteroatoms. The Morgan fingerprint density at radius 3 is 2.91 bits per heavy atom. The van der Waals surface area contributed by atoms with Crippen molar-refractivity contribution in [3.05, 3.63) is 41.7 Å². The monoisotopic (exact) mass is 301 g/mol. The summed E-state index contributed by atoms with van der Waals surface area (Å²) in [7, 11) is 0. The van der Waals surface area contributed by atoms with Gasteiger partial charge in [-0.1, -0.05) is 18.2 Å². The first-order valence-electron chi connectivity index (χ1n) is 7.35. The zero-order valence-electron chi connectivity index (χ0n) is 12.7. The summed E-state index contributed by atoms with van der Waals surface area (Å²) in [4.78, 5) is 0. The van der Waals surface area contributed by atoms with Crippen molar-refractivity contribution in [1.82, 2.24) is 5.16 Å². The topological polar surface area (TPSA) is 57.0 Å². The van der Waals surface area contributed by atoms with Gasteiger partial charge in [0.1, 0.15) is 18.5 Å². The van der Waals surface area contributed by atoms with Crippen molar-refractivity contribution < 1.29 is 18.7 Å². The Kier molecular flexibility index (Phi) is 4.44. The molecule has 0 amide bonds. The predicted molar refractivity (Wildman–Crippen MR) is 82.9 cm³/mol. The third-order valence-electron chi connectivity index (χ3n) is 3.04. The molecule has 0 N–H and O–H groups in total. The lowest BCUT2D eigenvalue weighted by Gasteiger charge is -2.07. The number of rotatable bonds is 7. The lowest BCUT2D eigenvalue weighted by atomic mass is 10.2. The molecule has 5 nitrogen and oxygen atoms in total. The van der Waals surface area contributed by atoms with E-state index in [2.05, 4.69) is 5.16 Å². The Morgan fingerprint density at radius 1 is 1.32 bits per heavy atom. The van der Waals surface area contributed by atoms with Crippen LogP contribution in [0.2, 0.25) is 0 Å². The highest BCUT2D eigenvalue weighted by atomic mass is 16.6. The Balaban J connectivity index is 1.67. The molecule has 1 fully saturated rings. The van der Waals surface area contributed by atoms with Gasteiger partial charge < -0.3 is 18.7 Å². The summed E-state index contributed by atoms with van der Waals surface area (Å²) in [5.74, 6) is 1.95. The minimum Gasteiger partial charge on any atom is -0.490 e. The van der Waals surface area contributed by atoms with E-state index in [1.54, 1.807) is 6.07 Å². The Hall–Kier alpha value is -2.27. The molecule has 1 atom stereocenters. The van der Waals surface area contributed by atoms with E-state index in [1.807, 2.05) is 50.3 Å². The van der Waals surface area contributed by atoms with Gasteiger partial charge in [0, 0.05) is 11.6 Å². The predicted octanol–water partition coefficient (Wildman–Crippen LogP) is 3.41. The molecule has 1 aliphatic heterocycles. The lowest BCUT2D eigenvalue weighted by Crippen LogP contribution is -2.05. The van der Waals surface area contributed by atoms with E-state index >= 15 is 0 Å². The van der Waals surface area contributed by atoms with E-state index in [4.69, 9.17) is 18.7 Å². The molecule has 116 valence electrons. The first kappa shape index (κ1) is 14.7. The van der Waals surface area contributed by atoms with E-state index in [9.17, 15) is 0 Å². The molecule has 0 radical (unpaired) electrons. The van der Waals surface area contributed by atoms with Crippen LogP contribution in [0.5, 0.6) is 11.6 Å². The zero-order valence-corrected chi connectivity index (χ0v) is 12.7. The molecular weight excluding hydrogens is 282 g/mol. The van der Waals surface area contributed by atoms with Gasteiger partial charge in [0.2, 0.25) is 0 Å². The van der Waals surface area contributed by atoms with Crippen LogP contribution >= 0.6 is 0 Å². The maximum Gasteiger partial charge on any atom is 0.254 e. The van der Waals surface area contributed by atoms with E-state index in [-0.39, 0.29) is 12.2 Å². The number of para-hydroxylation sites is 1. The number of nitrogens with zero attached hydrogens (tertiary/aromatic N) is 1. The van der Waals surface area contributed by atoms with Crippen molar-refractivity contribution in [3.63, 3.8) is 0 Å². The average molecular weight is 301 g/mol. The van der Waals surface area contributed by atoms with Crippen LogP contribution in [-0.2, 0) is 4.74 Å². The van der Waals surface area contributed by atoms with Crippen molar-refractivity contribution >= 4 is 12.2 Å². The summed E-state index contributed by atoms with van der Waals surface area (Å²) < 4.78 is 21.6. The van der Waals surface area contributed by atoms with Crippen LogP contribution in [0.1, 0.15) is 25.2 Å². The molecule has 22 heavy (non-hydrogen) atoms. The van der Waals surface area contributed by atoms with Gasteiger partial charge in [0.15, 0.2) is 5.76 Å². The normalized spacial score (nSPS) is 17.1. The summed E-state index contributed by atoms with van der Waals surface area (Å²) in [6, 6.07) is 9.60. The van der Waals surface area contributed by atoms with Crippen LogP contribution in [0, 0.1) is 0 Å². The molecule has 1 aromatic heterocycles. The first-order valence-corrected chi connectivity index (χ1v) is 7.35. The molecule has 1 saturated heterocycles. The van der Waals surface area contributed by atoms with Crippen LogP contribution in [0.25, 0.3) is 12.2 Å². The van der Waals surface area contributed by atoms with Gasteiger partial charge >= 0.3 is 0 Å². The van der Waals surface area contributed by atoms with Gasteiger partial charge in [-0.15, -0.1) is 0 Å². The van der Waals surface area contributed by atoms with E-state index in [0.717, 1.165) is 17.9 Å². The van der Waals surface area contributed by atoms with Crippen molar-refractivity contribution in [3.8, 4) is 11.6 Å². The summed E-state index contributed by atoms with van der Waals surface area (Å²) in [5.41, 5.74) is 0.978. The standard InChI is InChI=1S/C17H19NO4/c1-12(2)21-17-9-14(22-18-17)8-7-13-5-3-4-6-16(13)20-11-15-10-19-15/h3-9,12,15H,10-11H2,1-2H3/b8-7+. The lowest BCUT2D eigenvalue weighted by molar-refractivity contribution is 0.218. The van der Waals surface area contributed by atoms with Crippen molar-refractivity contribution in [2.24, 2.45) is 0 Å². The molecule has 1 unspecified atom stereocenters. The molecule has 1 aliphatic rings. The van der Waals surface area contributed by atoms with E-state index < -0.39 is 0 Å². The van der Waals surface area contributed by atoms with Gasteiger partial charge in [0.25, 0.3) is 5.88 Å². The van der Waals surface area contributed by atoms with Crippen molar-refractivity contribution in [2.75, 3.05) is 13.2 Å². The maximum absolute atomic E-state index is 5.76. The Morgan fingerprint density at radius 2 is 2.14 bits per heavy atom. The van der Waals surface area contributed by atoms with E-state index in [1.165, 1.54) is 0 Å². The number of benzene rings is 1. The Labute approximate surface area is 129 Å². The van der Waals surface area contributed by atoms with Crippen LogP contribution in [0.4, 0.5) is 0 Å². The summed E-state index contributed by atoms with van der Waals surface area (Å²) in [6.07, 6.45) is 4.08. The second-order valence-electron chi connectivity index (χ2n) is 5.37. The molecule has 2 aromatic rings. The number of hydrogen-bond acceptors (Lipinski definition) is 5. The molecular formula is C17H19NO4. The highest BCUT2D eigenvalue weighted by Gasteiger charge is 2.23. The zero-order chi connectivity index (χ0) is 15.4. The molecule has 1 aromatic carbocycles. The van der Waals surface area contributed by atoms with Crippen molar-refractivity contribution in [2.45, 2.75) is 26.1 Å². The van der Waals surface area contributed by atoms with Gasteiger partial charge in [-0.2, -0.15) is 0 Å². The second kappa shape index (κ2) is 6.66. The number of epoxide rings is 1. The largest absolute Gasteiger partial charge is 0.490 e.